The SMILES string of the molecule is CCCCCCCCON1C(C)(C)CC([N+]2(OCCCCCCCC)C(C)(C)CC([N+]([O-])=C3CCCC3)CC2(C)C)CC1(C)C. The van der Waals surface area contributed by atoms with E-state index >= 15 is 0 Å². The van der Waals surface area contributed by atoms with Crippen LogP contribution >= 0.6 is 0 Å². The molecular formula is C39H76N3O3+. The first-order valence-corrected chi connectivity index (χ1v) is 19.4. The van der Waals surface area contributed by atoms with Crippen molar-refractivity contribution >= 4 is 5.71 Å². The van der Waals surface area contributed by atoms with E-state index in [1.54, 1.807) is 0 Å². The van der Waals surface area contributed by atoms with E-state index in [1.165, 1.54) is 81.8 Å². The number of rotatable bonds is 18. The zero-order valence-corrected chi connectivity index (χ0v) is 31.8. The first-order chi connectivity index (χ1) is 21.1. The summed E-state index contributed by atoms with van der Waals surface area (Å²) >= 11 is 0. The van der Waals surface area contributed by atoms with Gasteiger partial charge in [-0.2, -0.15) is 9.71 Å². The summed E-state index contributed by atoms with van der Waals surface area (Å²) < 4.78 is 2.11. The molecule has 1 saturated carbocycles. The molecule has 6 heteroatoms. The Morgan fingerprint density at radius 1 is 0.667 bits per heavy atom. The van der Waals surface area contributed by atoms with Crippen molar-refractivity contribution in [2.45, 2.75) is 232 Å². The summed E-state index contributed by atoms with van der Waals surface area (Å²) in [5.41, 5.74) is 0.481. The molecule has 3 rings (SSSR count). The lowest BCUT2D eigenvalue weighted by molar-refractivity contribution is -1.19. The molecule has 1 aliphatic carbocycles. The van der Waals surface area contributed by atoms with Crippen molar-refractivity contribution in [3.05, 3.63) is 5.21 Å². The van der Waals surface area contributed by atoms with E-state index in [2.05, 4.69) is 74.3 Å². The highest BCUT2D eigenvalue weighted by molar-refractivity contribution is 5.81. The smallest absolute Gasteiger partial charge is 0.175 e. The van der Waals surface area contributed by atoms with Gasteiger partial charge < -0.3 is 5.21 Å². The lowest BCUT2D eigenvalue weighted by Gasteiger charge is -2.66. The zero-order valence-electron chi connectivity index (χ0n) is 31.8. The van der Waals surface area contributed by atoms with Crippen molar-refractivity contribution in [3.8, 4) is 0 Å². The van der Waals surface area contributed by atoms with Crippen molar-refractivity contribution < 1.29 is 19.1 Å². The topological polar surface area (TPSA) is 47.8 Å². The molecule has 0 aromatic heterocycles. The Labute approximate surface area is 279 Å². The van der Waals surface area contributed by atoms with E-state index in [0.29, 0.717) is 10.7 Å². The van der Waals surface area contributed by atoms with E-state index in [-0.39, 0.29) is 28.2 Å². The van der Waals surface area contributed by atoms with Crippen LogP contribution in [0.1, 0.15) is 198 Å². The van der Waals surface area contributed by atoms with Crippen LogP contribution in [0.2, 0.25) is 0 Å². The van der Waals surface area contributed by atoms with Gasteiger partial charge in [-0.15, -0.1) is 0 Å². The zero-order chi connectivity index (χ0) is 33.4. The lowest BCUT2D eigenvalue weighted by atomic mass is 9.70. The molecule has 264 valence electrons. The third-order valence-corrected chi connectivity index (χ3v) is 11.7. The summed E-state index contributed by atoms with van der Waals surface area (Å²) in [7, 11) is 0. The van der Waals surface area contributed by atoms with Gasteiger partial charge in [0.25, 0.3) is 0 Å². The van der Waals surface area contributed by atoms with Crippen LogP contribution in [0.15, 0.2) is 0 Å². The van der Waals surface area contributed by atoms with Gasteiger partial charge in [-0.3, -0.25) is 4.84 Å². The third kappa shape index (κ3) is 9.27. The van der Waals surface area contributed by atoms with Gasteiger partial charge in [-0.05, 0) is 81.1 Å². The highest BCUT2D eigenvalue weighted by atomic mass is 16.7. The Bertz CT molecular complexity index is 880. The lowest BCUT2D eigenvalue weighted by Crippen LogP contribution is -2.81. The molecule has 2 aliphatic heterocycles. The molecule has 6 nitrogen and oxygen atoms in total. The minimum absolute atomic E-state index is 0.0220. The molecule has 3 fully saturated rings. The second-order valence-corrected chi connectivity index (χ2v) is 17.6. The quantitative estimate of drug-likeness (QED) is 0.0495. The van der Waals surface area contributed by atoms with Crippen molar-refractivity contribution in [3.63, 3.8) is 0 Å². The molecule has 0 spiro atoms. The molecule has 0 N–H and O–H groups in total. The summed E-state index contributed by atoms with van der Waals surface area (Å²) in [6.07, 6.45) is 23.3. The van der Waals surface area contributed by atoms with Crippen molar-refractivity contribution in [2.75, 3.05) is 13.2 Å². The van der Waals surface area contributed by atoms with Gasteiger partial charge in [0.1, 0.15) is 23.7 Å². The second kappa shape index (κ2) is 16.6. The fraction of sp³-hybridized carbons (Fsp3) is 0.974. The van der Waals surface area contributed by atoms with Crippen LogP contribution in [0.5, 0.6) is 0 Å². The molecule has 0 bridgehead atoms. The van der Waals surface area contributed by atoms with Crippen molar-refractivity contribution in [1.82, 2.24) is 5.06 Å². The molecule has 0 radical (unpaired) electrons. The summed E-state index contributed by atoms with van der Waals surface area (Å²) in [5.74, 6) is 0. The highest BCUT2D eigenvalue weighted by Gasteiger charge is 2.69. The molecule has 0 amide bonds. The number of hydrogen-bond acceptors (Lipinski definition) is 4. The van der Waals surface area contributed by atoms with Gasteiger partial charge >= 0.3 is 0 Å². The molecule has 0 atom stereocenters. The van der Waals surface area contributed by atoms with Gasteiger partial charge in [-0.1, -0.05) is 78.1 Å². The third-order valence-electron chi connectivity index (χ3n) is 11.7. The molecular weight excluding hydrogens is 558 g/mol. The van der Waals surface area contributed by atoms with Crippen LogP contribution in [0.4, 0.5) is 0 Å². The summed E-state index contributed by atoms with van der Waals surface area (Å²) in [6.45, 7) is 25.3. The maximum atomic E-state index is 13.8. The van der Waals surface area contributed by atoms with Crippen molar-refractivity contribution in [1.29, 1.82) is 0 Å². The molecule has 2 heterocycles. The fourth-order valence-corrected chi connectivity index (χ4v) is 10.1. The maximum Gasteiger partial charge on any atom is 0.175 e. The summed E-state index contributed by atoms with van der Waals surface area (Å²) in [4.78, 5) is 14.1. The van der Waals surface area contributed by atoms with Gasteiger partial charge in [0.2, 0.25) is 0 Å². The minimum atomic E-state index is -0.200. The normalized spacial score (nSPS) is 28.0. The average molecular weight is 635 g/mol. The van der Waals surface area contributed by atoms with E-state index in [4.69, 9.17) is 9.68 Å². The standard InChI is InChI=1S/C39H76N3O3/c1-11-13-15-17-19-23-27-44-41-36(3,4)31-35(32-37(41,5)6)42(45-28-24-20-18-16-14-12-2)38(7,8)29-34(30-39(42,9)10)40(43)33-25-21-22-26-33/h34-35H,11-32H2,1-10H3/q+1. The second-order valence-electron chi connectivity index (χ2n) is 17.6. The number of likely N-dealkylation sites (tertiary alicyclic amines) is 1. The fourth-order valence-electron chi connectivity index (χ4n) is 10.1. The van der Waals surface area contributed by atoms with Crippen LogP contribution < -0.4 is 0 Å². The van der Waals surface area contributed by atoms with E-state index in [9.17, 15) is 5.21 Å². The number of hydroxylamine groups is 6. The van der Waals surface area contributed by atoms with Crippen LogP contribution in [-0.2, 0) is 9.68 Å². The number of nitrogens with zero attached hydrogens (tertiary/aromatic N) is 3. The van der Waals surface area contributed by atoms with Crippen LogP contribution in [0, 0.1) is 5.21 Å². The molecule has 3 aliphatic rings. The van der Waals surface area contributed by atoms with Gasteiger partial charge in [0, 0.05) is 36.8 Å². The predicted octanol–water partition coefficient (Wildman–Crippen LogP) is 10.7. The highest BCUT2D eigenvalue weighted by Crippen LogP contribution is 2.54. The van der Waals surface area contributed by atoms with Crippen LogP contribution in [0.25, 0.3) is 0 Å². The van der Waals surface area contributed by atoms with Crippen LogP contribution in [0.3, 0.4) is 0 Å². The monoisotopic (exact) mass is 635 g/mol. The Kier molecular flexibility index (Phi) is 14.3. The molecule has 2 saturated heterocycles. The number of piperidine rings is 2. The maximum absolute atomic E-state index is 13.8. The van der Waals surface area contributed by atoms with E-state index in [0.717, 1.165) is 70.3 Å². The predicted molar refractivity (Wildman–Crippen MR) is 190 cm³/mol. The molecule has 45 heavy (non-hydrogen) atoms. The Balaban J connectivity index is 1.86. The minimum Gasteiger partial charge on any atom is -0.624 e. The summed E-state index contributed by atoms with van der Waals surface area (Å²) in [6, 6.07) is 0.336. The first kappa shape index (κ1) is 38.8. The Morgan fingerprint density at radius 2 is 1.11 bits per heavy atom. The van der Waals surface area contributed by atoms with Gasteiger partial charge in [0.05, 0.1) is 19.4 Å². The Hall–Kier alpha value is -0.690. The average Bonchev–Trinajstić information content (AvgIpc) is 3.48. The van der Waals surface area contributed by atoms with Gasteiger partial charge in [-0.25, -0.2) is 9.58 Å². The first-order valence-electron chi connectivity index (χ1n) is 19.4. The number of unbranched alkanes of at least 4 members (excludes halogenated alkanes) is 10. The Morgan fingerprint density at radius 3 is 1.60 bits per heavy atom. The van der Waals surface area contributed by atoms with E-state index < -0.39 is 0 Å². The summed E-state index contributed by atoms with van der Waals surface area (Å²) in [5, 5.41) is 16.2. The molecule has 0 aromatic carbocycles. The van der Waals surface area contributed by atoms with Crippen LogP contribution in [-0.4, -0.2) is 67.6 Å². The van der Waals surface area contributed by atoms with Gasteiger partial charge in [0.15, 0.2) is 11.8 Å². The van der Waals surface area contributed by atoms with E-state index in [1.807, 2.05) is 0 Å². The number of quaternary nitrogens is 1. The van der Waals surface area contributed by atoms with Crippen molar-refractivity contribution in [2.24, 2.45) is 0 Å². The molecule has 0 unspecified atom stereocenters. The largest absolute Gasteiger partial charge is 0.624 e. The number of hydrogen-bond donors (Lipinski definition) is 0. The molecule has 0 aromatic rings.